The van der Waals surface area contributed by atoms with Crippen molar-refractivity contribution in [1.29, 1.82) is 0 Å². The number of nitrogens with zero attached hydrogens (tertiary/aromatic N) is 2. The van der Waals surface area contributed by atoms with Gasteiger partial charge < -0.3 is 9.52 Å². The second-order valence-corrected chi connectivity index (χ2v) is 2.08. The van der Waals surface area contributed by atoms with Crippen LogP contribution < -0.4 is 0 Å². The Balaban J connectivity index is 2.85. The van der Waals surface area contributed by atoms with E-state index in [2.05, 4.69) is 14.6 Å². The maximum Gasteiger partial charge on any atom is 0.412 e. The molecule has 4 nitrogen and oxygen atoms in total. The van der Waals surface area contributed by atoms with Crippen LogP contribution in [0.15, 0.2) is 4.42 Å². The largest absolute Gasteiger partial charge is 0.465 e. The monoisotopic (exact) mass is 128 g/mol. The Hall–Kier alpha value is -1.06. The van der Waals surface area contributed by atoms with E-state index in [0.717, 1.165) is 0 Å². The van der Waals surface area contributed by atoms with Gasteiger partial charge >= 0.3 is 6.08 Å². The third kappa shape index (κ3) is 1.19. The highest BCUT2D eigenvalue weighted by atomic mass is 16.5. The molecule has 0 aliphatic carbocycles. The Labute approximate surface area is 52.5 Å². The van der Waals surface area contributed by atoms with Crippen LogP contribution in [0.5, 0.6) is 6.08 Å². The van der Waals surface area contributed by atoms with Crippen LogP contribution in [-0.4, -0.2) is 15.3 Å². The van der Waals surface area contributed by atoms with Crippen molar-refractivity contribution in [2.24, 2.45) is 0 Å². The highest BCUT2D eigenvalue weighted by Crippen LogP contribution is 2.14. The van der Waals surface area contributed by atoms with Gasteiger partial charge in [0.15, 0.2) is 0 Å². The Morgan fingerprint density at radius 1 is 1.44 bits per heavy atom. The van der Waals surface area contributed by atoms with Gasteiger partial charge in [0.25, 0.3) is 0 Å². The second kappa shape index (κ2) is 2.05. The topological polar surface area (TPSA) is 59.2 Å². The van der Waals surface area contributed by atoms with Gasteiger partial charge in [0.2, 0.25) is 5.89 Å². The second-order valence-electron chi connectivity index (χ2n) is 2.08. The fraction of sp³-hybridized carbons (Fsp3) is 0.600. The molecule has 0 aromatic carbocycles. The molecule has 9 heavy (non-hydrogen) atoms. The summed E-state index contributed by atoms with van der Waals surface area (Å²) in [5, 5.41) is 15.4. The zero-order valence-corrected chi connectivity index (χ0v) is 5.33. The molecule has 0 bridgehead atoms. The van der Waals surface area contributed by atoms with Gasteiger partial charge in [0.1, 0.15) is 0 Å². The standard InChI is InChI=1S/C5H8N2O2/c1-3(2)4-6-7-5(8)9-4/h3H,1-2H3,(H,7,8). The molecular formula is C5H8N2O2. The lowest BCUT2D eigenvalue weighted by Crippen LogP contribution is -1.85. The molecule has 0 radical (unpaired) electrons. The van der Waals surface area contributed by atoms with E-state index in [9.17, 15) is 0 Å². The van der Waals surface area contributed by atoms with E-state index in [-0.39, 0.29) is 12.0 Å². The predicted octanol–water partition coefficient (Wildman–Crippen LogP) is 0.899. The summed E-state index contributed by atoms with van der Waals surface area (Å²) >= 11 is 0. The molecule has 1 N–H and O–H groups in total. The minimum absolute atomic E-state index is 0.179. The first-order chi connectivity index (χ1) is 4.20. The summed E-state index contributed by atoms with van der Waals surface area (Å²) in [4.78, 5) is 0. The third-order valence-electron chi connectivity index (χ3n) is 0.924. The highest BCUT2D eigenvalue weighted by molar-refractivity contribution is 4.87. The van der Waals surface area contributed by atoms with Crippen LogP contribution >= 0.6 is 0 Å². The molecule has 0 atom stereocenters. The van der Waals surface area contributed by atoms with E-state index < -0.39 is 0 Å². The van der Waals surface area contributed by atoms with Crippen molar-refractivity contribution in [3.8, 4) is 6.08 Å². The quantitative estimate of drug-likeness (QED) is 0.610. The van der Waals surface area contributed by atoms with Gasteiger partial charge in [0.05, 0.1) is 0 Å². The minimum Gasteiger partial charge on any atom is -0.465 e. The fourth-order valence-electron chi connectivity index (χ4n) is 0.460. The van der Waals surface area contributed by atoms with Crippen molar-refractivity contribution in [2.45, 2.75) is 19.8 Å². The molecule has 1 aromatic rings. The summed E-state index contributed by atoms with van der Waals surface area (Å²) in [5.41, 5.74) is 0. The molecule has 0 unspecified atom stereocenters. The number of aromatic nitrogens is 2. The van der Waals surface area contributed by atoms with Crippen molar-refractivity contribution >= 4 is 0 Å². The van der Waals surface area contributed by atoms with E-state index in [4.69, 9.17) is 5.11 Å². The average molecular weight is 128 g/mol. The summed E-state index contributed by atoms with van der Waals surface area (Å²) in [5.74, 6) is 0.644. The van der Waals surface area contributed by atoms with Crippen LogP contribution in [0, 0.1) is 0 Å². The molecule has 0 saturated carbocycles. The summed E-state index contributed by atoms with van der Waals surface area (Å²) in [6.07, 6.45) is -0.362. The zero-order valence-electron chi connectivity index (χ0n) is 5.33. The lowest BCUT2D eigenvalue weighted by atomic mass is 10.2. The molecule has 50 valence electrons. The van der Waals surface area contributed by atoms with Gasteiger partial charge in [-0.3, -0.25) is 0 Å². The molecule has 0 fully saturated rings. The molecule has 0 amide bonds. The van der Waals surface area contributed by atoms with Crippen LogP contribution in [0.4, 0.5) is 0 Å². The Morgan fingerprint density at radius 2 is 2.11 bits per heavy atom. The first kappa shape index (κ1) is 6.07. The van der Waals surface area contributed by atoms with Crippen molar-refractivity contribution in [1.82, 2.24) is 10.2 Å². The van der Waals surface area contributed by atoms with E-state index in [0.29, 0.717) is 5.89 Å². The Kier molecular flexibility index (Phi) is 1.38. The van der Waals surface area contributed by atoms with Crippen molar-refractivity contribution in [3.63, 3.8) is 0 Å². The van der Waals surface area contributed by atoms with Crippen LogP contribution in [-0.2, 0) is 0 Å². The summed E-state index contributed by atoms with van der Waals surface area (Å²) in [6.45, 7) is 3.82. The van der Waals surface area contributed by atoms with Crippen molar-refractivity contribution < 1.29 is 9.52 Å². The van der Waals surface area contributed by atoms with Gasteiger partial charge in [-0.25, -0.2) is 0 Å². The Bertz CT molecular complexity index is 195. The number of aromatic hydroxyl groups is 1. The minimum atomic E-state index is -0.362. The molecule has 1 heterocycles. The van der Waals surface area contributed by atoms with E-state index in [1.165, 1.54) is 0 Å². The molecule has 1 aromatic heterocycles. The lowest BCUT2D eigenvalue weighted by Gasteiger charge is -1.91. The van der Waals surface area contributed by atoms with Gasteiger partial charge in [-0.05, 0) is 0 Å². The van der Waals surface area contributed by atoms with Gasteiger partial charge in [-0.1, -0.05) is 18.9 Å². The number of hydrogen-bond acceptors (Lipinski definition) is 4. The summed E-state index contributed by atoms with van der Waals surface area (Å²) < 4.78 is 4.68. The van der Waals surface area contributed by atoms with Crippen LogP contribution in [0.25, 0.3) is 0 Å². The van der Waals surface area contributed by atoms with E-state index >= 15 is 0 Å². The van der Waals surface area contributed by atoms with E-state index in [1.54, 1.807) is 0 Å². The number of hydrogen-bond donors (Lipinski definition) is 1. The molecule has 0 aliphatic heterocycles. The first-order valence-electron chi connectivity index (χ1n) is 2.72. The average Bonchev–Trinajstić information content (AvgIpc) is 2.14. The molecule has 1 rings (SSSR count). The molecule has 0 spiro atoms. The third-order valence-corrected chi connectivity index (χ3v) is 0.924. The van der Waals surface area contributed by atoms with Crippen molar-refractivity contribution in [3.05, 3.63) is 5.89 Å². The van der Waals surface area contributed by atoms with Gasteiger partial charge in [-0.15, -0.1) is 5.10 Å². The first-order valence-corrected chi connectivity index (χ1v) is 2.72. The molecular weight excluding hydrogens is 120 g/mol. The van der Waals surface area contributed by atoms with Crippen LogP contribution in [0.1, 0.15) is 25.7 Å². The fourth-order valence-corrected chi connectivity index (χ4v) is 0.460. The number of rotatable bonds is 1. The Morgan fingerprint density at radius 3 is 2.33 bits per heavy atom. The van der Waals surface area contributed by atoms with Gasteiger partial charge in [-0.2, -0.15) is 0 Å². The van der Waals surface area contributed by atoms with E-state index in [1.807, 2.05) is 13.8 Å². The normalized spacial score (nSPS) is 10.6. The maximum atomic E-state index is 8.56. The maximum absolute atomic E-state index is 8.56. The smallest absolute Gasteiger partial charge is 0.412 e. The highest BCUT2D eigenvalue weighted by Gasteiger charge is 2.06. The van der Waals surface area contributed by atoms with Gasteiger partial charge in [0, 0.05) is 5.92 Å². The molecule has 0 aliphatic rings. The molecule has 4 heteroatoms. The SMILES string of the molecule is CC(C)c1nnc(O)o1. The summed E-state index contributed by atoms with van der Waals surface area (Å²) in [6, 6.07) is 0. The van der Waals surface area contributed by atoms with Crippen molar-refractivity contribution in [2.75, 3.05) is 0 Å². The van der Waals surface area contributed by atoms with Crippen LogP contribution in [0.3, 0.4) is 0 Å². The van der Waals surface area contributed by atoms with Crippen LogP contribution in [0.2, 0.25) is 0 Å². The molecule has 0 saturated heterocycles. The predicted molar refractivity (Wildman–Crippen MR) is 30.1 cm³/mol. The lowest BCUT2D eigenvalue weighted by molar-refractivity contribution is 0.299. The zero-order chi connectivity index (χ0) is 6.85. The summed E-state index contributed by atoms with van der Waals surface area (Å²) in [7, 11) is 0.